The predicted molar refractivity (Wildman–Crippen MR) is 113 cm³/mol. The Morgan fingerprint density at radius 1 is 0.478 bits per heavy atom. The van der Waals surface area contributed by atoms with Gasteiger partial charge in [0.15, 0.2) is 0 Å². The van der Waals surface area contributed by atoms with E-state index in [0.717, 1.165) is 23.9 Å². The lowest BCUT2D eigenvalue weighted by molar-refractivity contribution is 0.0887. The van der Waals surface area contributed by atoms with Crippen LogP contribution in [0.5, 0.6) is 0 Å². The molecular formula is C21H52N2. The van der Waals surface area contributed by atoms with E-state index in [1.807, 2.05) is 13.8 Å². The lowest BCUT2D eigenvalue weighted by Crippen LogP contribution is -2.50. The van der Waals surface area contributed by atoms with E-state index in [1.54, 1.807) is 0 Å². The van der Waals surface area contributed by atoms with Gasteiger partial charge in [-0.05, 0) is 39.5 Å². The fraction of sp³-hybridized carbons (Fsp3) is 1.00. The van der Waals surface area contributed by atoms with E-state index in [0.29, 0.717) is 0 Å². The first-order chi connectivity index (χ1) is 10.1. The highest BCUT2D eigenvalue weighted by molar-refractivity contribution is 4.75. The van der Waals surface area contributed by atoms with Gasteiger partial charge in [0.1, 0.15) is 0 Å². The molecule has 1 fully saturated rings. The molecule has 146 valence electrons. The van der Waals surface area contributed by atoms with Crippen molar-refractivity contribution < 1.29 is 0 Å². The summed E-state index contributed by atoms with van der Waals surface area (Å²) in [6.45, 7) is 31.1. The van der Waals surface area contributed by atoms with Crippen LogP contribution in [0.15, 0.2) is 0 Å². The Hall–Kier alpha value is -0.0800. The molecule has 1 aliphatic rings. The molecule has 0 unspecified atom stereocenters. The molecule has 0 spiro atoms. The number of rotatable bonds is 2. The summed E-state index contributed by atoms with van der Waals surface area (Å²) >= 11 is 0. The van der Waals surface area contributed by atoms with Crippen molar-refractivity contribution in [2.24, 2.45) is 11.8 Å². The maximum atomic E-state index is 2.55. The molecule has 0 radical (unpaired) electrons. The van der Waals surface area contributed by atoms with Gasteiger partial charge in [0, 0.05) is 38.3 Å². The number of hydrogen-bond donors (Lipinski definition) is 0. The minimum atomic E-state index is 0. The van der Waals surface area contributed by atoms with Gasteiger partial charge in [-0.15, -0.1) is 0 Å². The first-order valence-corrected chi connectivity index (χ1v) is 9.55. The zero-order chi connectivity index (χ0) is 18.3. The third-order valence-electron chi connectivity index (χ3n) is 2.81. The lowest BCUT2D eigenvalue weighted by atomic mass is 10.2. The third kappa shape index (κ3) is 27.1. The second-order valence-corrected chi connectivity index (χ2v) is 7.72. The molecule has 0 aromatic carbocycles. The number of hydrogen-bond acceptors (Lipinski definition) is 2. The van der Waals surface area contributed by atoms with E-state index >= 15 is 0 Å². The van der Waals surface area contributed by atoms with Crippen molar-refractivity contribution >= 4 is 0 Å². The van der Waals surface area contributed by atoms with Crippen molar-refractivity contribution in [2.45, 2.75) is 103 Å². The Labute approximate surface area is 151 Å². The largest absolute Gasteiger partial charge is 0.298 e. The van der Waals surface area contributed by atoms with Crippen molar-refractivity contribution in [3.63, 3.8) is 0 Å². The Bertz CT molecular complexity index is 163. The van der Waals surface area contributed by atoms with E-state index in [4.69, 9.17) is 0 Å². The fourth-order valence-electron chi connectivity index (χ4n) is 1.77. The second kappa shape index (κ2) is 20.0. The molecule has 0 N–H and O–H groups in total. The van der Waals surface area contributed by atoms with Crippen LogP contribution >= 0.6 is 0 Å². The van der Waals surface area contributed by atoms with Crippen molar-refractivity contribution in [3.05, 3.63) is 0 Å². The summed E-state index contributed by atoms with van der Waals surface area (Å²) < 4.78 is 0. The average Bonchev–Trinajstić information content (AvgIpc) is 2.39. The summed E-state index contributed by atoms with van der Waals surface area (Å²) in [7, 11) is 0. The van der Waals surface area contributed by atoms with Crippen LogP contribution in [0, 0.1) is 11.8 Å². The van der Waals surface area contributed by atoms with Gasteiger partial charge in [-0.25, -0.2) is 0 Å². The SMILES string of the molecule is C.CC.CC(C)C.CC(C)C.CC(C)N1CCN(C(C)C)CC1. The van der Waals surface area contributed by atoms with Gasteiger partial charge in [-0.2, -0.15) is 0 Å². The summed E-state index contributed by atoms with van der Waals surface area (Å²) in [4.78, 5) is 5.11. The van der Waals surface area contributed by atoms with Crippen LogP contribution in [0.1, 0.15) is 90.5 Å². The van der Waals surface area contributed by atoms with E-state index in [2.05, 4.69) is 79.0 Å². The molecule has 0 aromatic heterocycles. The topological polar surface area (TPSA) is 6.48 Å². The predicted octanol–water partition coefficient (Wildman–Crippen LogP) is 6.41. The minimum absolute atomic E-state index is 0. The van der Waals surface area contributed by atoms with E-state index < -0.39 is 0 Å². The number of piperazine rings is 1. The Morgan fingerprint density at radius 3 is 0.696 bits per heavy atom. The van der Waals surface area contributed by atoms with Crippen molar-refractivity contribution in [1.82, 2.24) is 9.80 Å². The molecule has 23 heavy (non-hydrogen) atoms. The summed E-state index contributed by atoms with van der Waals surface area (Å²) in [5, 5.41) is 0. The highest BCUT2D eigenvalue weighted by Gasteiger charge is 2.19. The summed E-state index contributed by atoms with van der Waals surface area (Å²) in [6, 6.07) is 1.44. The van der Waals surface area contributed by atoms with Crippen LogP contribution in [0.3, 0.4) is 0 Å². The van der Waals surface area contributed by atoms with Crippen LogP contribution < -0.4 is 0 Å². The van der Waals surface area contributed by atoms with Crippen molar-refractivity contribution in [1.29, 1.82) is 0 Å². The zero-order valence-electron chi connectivity index (χ0n) is 18.0. The molecule has 0 amide bonds. The molecule has 0 aromatic rings. The van der Waals surface area contributed by atoms with Gasteiger partial charge in [-0.1, -0.05) is 62.8 Å². The van der Waals surface area contributed by atoms with E-state index in [9.17, 15) is 0 Å². The second-order valence-electron chi connectivity index (χ2n) is 7.72. The van der Waals surface area contributed by atoms with Crippen molar-refractivity contribution in [3.8, 4) is 0 Å². The van der Waals surface area contributed by atoms with Crippen LogP contribution in [0.25, 0.3) is 0 Å². The Balaban J connectivity index is -0.000000138. The summed E-state index contributed by atoms with van der Waals surface area (Å²) in [6.07, 6.45) is 0. The zero-order valence-corrected chi connectivity index (χ0v) is 18.0. The van der Waals surface area contributed by atoms with Gasteiger partial charge in [0.05, 0.1) is 0 Å². The van der Waals surface area contributed by atoms with Crippen LogP contribution in [-0.2, 0) is 0 Å². The smallest absolute Gasteiger partial charge is 0.0113 e. The Morgan fingerprint density at radius 2 is 0.609 bits per heavy atom. The van der Waals surface area contributed by atoms with Gasteiger partial charge < -0.3 is 0 Å². The lowest BCUT2D eigenvalue weighted by Gasteiger charge is -2.38. The van der Waals surface area contributed by atoms with Gasteiger partial charge in [0.2, 0.25) is 0 Å². The van der Waals surface area contributed by atoms with Crippen LogP contribution in [0.2, 0.25) is 0 Å². The molecule has 0 aliphatic carbocycles. The molecule has 2 nitrogen and oxygen atoms in total. The van der Waals surface area contributed by atoms with Gasteiger partial charge >= 0.3 is 0 Å². The number of nitrogens with zero attached hydrogens (tertiary/aromatic N) is 2. The average molecular weight is 333 g/mol. The van der Waals surface area contributed by atoms with Gasteiger partial charge in [-0.3, -0.25) is 9.80 Å². The highest BCUT2D eigenvalue weighted by Crippen LogP contribution is 2.08. The molecule has 0 saturated carbocycles. The summed E-state index contributed by atoms with van der Waals surface area (Å²) in [5.74, 6) is 1.67. The van der Waals surface area contributed by atoms with E-state index in [-0.39, 0.29) is 7.43 Å². The molecular weight excluding hydrogens is 280 g/mol. The first-order valence-electron chi connectivity index (χ1n) is 9.55. The molecule has 1 saturated heterocycles. The third-order valence-corrected chi connectivity index (χ3v) is 2.81. The standard InChI is InChI=1S/C10H22N2.2C4H10.C2H6.CH4/c1-9(2)11-5-7-12(8-6-11)10(3)4;2*1-4(2)3;1-2;/h9-10H,5-8H2,1-4H3;2*4H,1-3H3;1-2H3;1H4. The molecule has 0 bridgehead atoms. The normalized spacial score (nSPS) is 15.1. The molecule has 1 rings (SSSR count). The monoisotopic (exact) mass is 332 g/mol. The maximum absolute atomic E-state index is 2.55. The quantitative estimate of drug-likeness (QED) is 0.576. The fourth-order valence-corrected chi connectivity index (χ4v) is 1.77. The molecule has 2 heteroatoms. The minimum Gasteiger partial charge on any atom is -0.298 e. The molecule has 1 aliphatic heterocycles. The van der Waals surface area contributed by atoms with Gasteiger partial charge in [0.25, 0.3) is 0 Å². The van der Waals surface area contributed by atoms with Crippen LogP contribution in [-0.4, -0.2) is 48.1 Å². The van der Waals surface area contributed by atoms with E-state index in [1.165, 1.54) is 26.2 Å². The first kappa shape index (κ1) is 30.8. The summed E-state index contributed by atoms with van der Waals surface area (Å²) in [5.41, 5.74) is 0. The highest BCUT2D eigenvalue weighted by atomic mass is 15.3. The van der Waals surface area contributed by atoms with Crippen LogP contribution in [0.4, 0.5) is 0 Å². The molecule has 1 heterocycles. The Kier molecular flexibility index (Phi) is 26.7. The maximum Gasteiger partial charge on any atom is 0.0113 e. The molecule has 0 atom stereocenters. The van der Waals surface area contributed by atoms with Crippen molar-refractivity contribution in [2.75, 3.05) is 26.2 Å².